The fourth-order valence-corrected chi connectivity index (χ4v) is 2.49. The van der Waals surface area contributed by atoms with Gasteiger partial charge < -0.3 is 14.8 Å². The highest BCUT2D eigenvalue weighted by atomic mass is 16.6. The van der Waals surface area contributed by atoms with Gasteiger partial charge in [-0.3, -0.25) is 19.7 Å². The lowest BCUT2D eigenvalue weighted by Gasteiger charge is -2.22. The van der Waals surface area contributed by atoms with Crippen molar-refractivity contribution < 1.29 is 24.0 Å². The lowest BCUT2D eigenvalue weighted by Crippen LogP contribution is -2.35. The first-order valence-electron chi connectivity index (χ1n) is 7.51. The van der Waals surface area contributed by atoms with E-state index in [2.05, 4.69) is 5.32 Å². The number of benzene rings is 1. The topological polar surface area (TPSA) is 108 Å². The molecule has 8 heteroatoms. The molecule has 1 aliphatic heterocycles. The highest BCUT2D eigenvalue weighted by Crippen LogP contribution is 2.36. The number of nitro benzene ring substituents is 1. The van der Waals surface area contributed by atoms with E-state index in [0.717, 1.165) is 0 Å². The second-order valence-corrected chi connectivity index (χ2v) is 6.55. The standard InChI is InChI=1S/C16H20N2O6/c1-16(2,3)24-15(20)10-6-5-9-7-12(18(21)22)13(23-4)8-11(9)17-14(10)19/h7-8,10H,5-6H2,1-4H3,(H,17,19). The number of hydrogen-bond donors (Lipinski definition) is 1. The number of rotatable bonds is 3. The van der Waals surface area contributed by atoms with Gasteiger partial charge in [0.15, 0.2) is 5.75 Å². The minimum atomic E-state index is -0.957. The maximum atomic E-state index is 12.3. The number of nitrogens with one attached hydrogen (secondary N) is 1. The Morgan fingerprint density at radius 1 is 1.38 bits per heavy atom. The molecule has 2 rings (SSSR count). The van der Waals surface area contributed by atoms with E-state index in [1.807, 2.05) is 0 Å². The fraction of sp³-hybridized carbons (Fsp3) is 0.500. The molecule has 0 aliphatic carbocycles. The van der Waals surface area contributed by atoms with Gasteiger partial charge in [0.25, 0.3) is 0 Å². The lowest BCUT2D eigenvalue weighted by atomic mass is 10.00. The molecule has 0 bridgehead atoms. The highest BCUT2D eigenvalue weighted by molar-refractivity contribution is 6.06. The molecule has 0 fully saturated rings. The van der Waals surface area contributed by atoms with Gasteiger partial charge in [-0.1, -0.05) is 0 Å². The smallest absolute Gasteiger partial charge is 0.319 e. The average Bonchev–Trinajstić information content (AvgIpc) is 2.61. The number of amides is 1. The molecular formula is C16H20N2O6. The summed E-state index contributed by atoms with van der Waals surface area (Å²) in [7, 11) is 1.32. The summed E-state index contributed by atoms with van der Waals surface area (Å²) < 4.78 is 10.3. The Bertz CT molecular complexity index is 693. The Morgan fingerprint density at radius 3 is 2.58 bits per heavy atom. The van der Waals surface area contributed by atoms with Crippen LogP contribution in [-0.2, 0) is 20.7 Å². The van der Waals surface area contributed by atoms with E-state index in [4.69, 9.17) is 9.47 Å². The van der Waals surface area contributed by atoms with Gasteiger partial charge in [0.2, 0.25) is 5.91 Å². The summed E-state index contributed by atoms with van der Waals surface area (Å²) in [6.45, 7) is 5.17. The number of carbonyl (C=O) groups excluding carboxylic acids is 2. The van der Waals surface area contributed by atoms with Crippen molar-refractivity contribution in [3.8, 4) is 5.75 Å². The fourth-order valence-electron chi connectivity index (χ4n) is 2.49. The molecule has 8 nitrogen and oxygen atoms in total. The summed E-state index contributed by atoms with van der Waals surface area (Å²) in [4.78, 5) is 35.1. The van der Waals surface area contributed by atoms with Crippen LogP contribution in [-0.4, -0.2) is 29.5 Å². The summed E-state index contributed by atoms with van der Waals surface area (Å²) in [5.74, 6) is -2.00. The van der Waals surface area contributed by atoms with E-state index in [9.17, 15) is 19.7 Å². The van der Waals surface area contributed by atoms with Gasteiger partial charge in [0.1, 0.15) is 11.5 Å². The summed E-state index contributed by atoms with van der Waals surface area (Å²) >= 11 is 0. The van der Waals surface area contributed by atoms with Crippen molar-refractivity contribution in [2.45, 2.75) is 39.2 Å². The maximum absolute atomic E-state index is 12.3. The molecule has 1 heterocycles. The predicted octanol–water partition coefficient (Wildman–Crippen LogP) is 2.45. The van der Waals surface area contributed by atoms with Gasteiger partial charge in [0, 0.05) is 17.8 Å². The molecule has 130 valence electrons. The van der Waals surface area contributed by atoms with Gasteiger partial charge in [-0.25, -0.2) is 0 Å². The zero-order valence-corrected chi connectivity index (χ0v) is 14.0. The molecular weight excluding hydrogens is 316 g/mol. The number of anilines is 1. The summed E-state index contributed by atoms with van der Waals surface area (Å²) in [6, 6.07) is 2.77. The molecule has 0 saturated carbocycles. The average molecular weight is 336 g/mol. The van der Waals surface area contributed by atoms with Crippen LogP contribution in [0.5, 0.6) is 5.75 Å². The Labute approximate surface area is 139 Å². The number of carbonyl (C=O) groups is 2. The quantitative estimate of drug-likeness (QED) is 0.393. The molecule has 1 atom stereocenters. The monoisotopic (exact) mass is 336 g/mol. The number of nitro groups is 1. The Morgan fingerprint density at radius 2 is 2.04 bits per heavy atom. The lowest BCUT2D eigenvalue weighted by molar-refractivity contribution is -0.385. The minimum absolute atomic E-state index is 0.0507. The third-order valence-electron chi connectivity index (χ3n) is 3.57. The maximum Gasteiger partial charge on any atom is 0.319 e. The first-order chi connectivity index (χ1) is 11.1. The van der Waals surface area contributed by atoms with Crippen LogP contribution in [0.15, 0.2) is 12.1 Å². The SMILES string of the molecule is COc1cc2c(cc1[N+](=O)[O-])CCC(C(=O)OC(C)(C)C)C(=O)N2. The molecule has 1 unspecified atom stereocenters. The Balaban J connectivity index is 2.31. The third kappa shape index (κ3) is 3.81. The number of esters is 1. The molecule has 1 aliphatic rings. The van der Waals surface area contributed by atoms with E-state index < -0.39 is 28.3 Å². The van der Waals surface area contributed by atoms with E-state index in [-0.39, 0.29) is 17.9 Å². The van der Waals surface area contributed by atoms with Crippen LogP contribution in [0.1, 0.15) is 32.8 Å². The molecule has 0 saturated heterocycles. The van der Waals surface area contributed by atoms with Crippen LogP contribution in [0.3, 0.4) is 0 Å². The molecule has 1 aromatic carbocycles. The van der Waals surface area contributed by atoms with Gasteiger partial charge in [-0.2, -0.15) is 0 Å². The first kappa shape index (κ1) is 17.7. The first-order valence-corrected chi connectivity index (χ1v) is 7.51. The normalized spacial score (nSPS) is 17.3. The van der Waals surface area contributed by atoms with E-state index in [0.29, 0.717) is 17.7 Å². The summed E-state index contributed by atoms with van der Waals surface area (Å²) in [5.41, 5.74) is 0.120. The number of ether oxygens (including phenoxy) is 2. The molecule has 1 N–H and O–H groups in total. The summed E-state index contributed by atoms with van der Waals surface area (Å²) in [5, 5.41) is 13.7. The molecule has 1 amide bonds. The number of nitrogens with zero attached hydrogens (tertiary/aromatic N) is 1. The highest BCUT2D eigenvalue weighted by Gasteiger charge is 2.34. The van der Waals surface area contributed by atoms with E-state index in [1.165, 1.54) is 19.2 Å². The molecule has 1 aromatic rings. The molecule has 24 heavy (non-hydrogen) atoms. The zero-order valence-electron chi connectivity index (χ0n) is 14.0. The van der Waals surface area contributed by atoms with Gasteiger partial charge >= 0.3 is 11.7 Å². The minimum Gasteiger partial charge on any atom is -0.490 e. The van der Waals surface area contributed by atoms with Gasteiger partial charge in [-0.15, -0.1) is 0 Å². The van der Waals surface area contributed by atoms with Crippen LogP contribution >= 0.6 is 0 Å². The van der Waals surface area contributed by atoms with Crippen LogP contribution in [0.25, 0.3) is 0 Å². The van der Waals surface area contributed by atoms with Gasteiger partial charge in [0.05, 0.1) is 12.0 Å². The van der Waals surface area contributed by atoms with Crippen LogP contribution in [0, 0.1) is 16.0 Å². The van der Waals surface area contributed by atoms with Crippen LogP contribution in [0.2, 0.25) is 0 Å². The number of aryl methyl sites for hydroxylation is 1. The number of hydrogen-bond acceptors (Lipinski definition) is 6. The molecule has 0 radical (unpaired) electrons. The van der Waals surface area contributed by atoms with Crippen LogP contribution < -0.4 is 10.1 Å². The molecule has 0 aromatic heterocycles. The van der Waals surface area contributed by atoms with Crippen molar-refractivity contribution in [3.63, 3.8) is 0 Å². The van der Waals surface area contributed by atoms with E-state index >= 15 is 0 Å². The number of fused-ring (bicyclic) bond motifs is 1. The van der Waals surface area contributed by atoms with Crippen molar-refractivity contribution in [2.24, 2.45) is 5.92 Å². The van der Waals surface area contributed by atoms with Crippen LogP contribution in [0.4, 0.5) is 11.4 Å². The van der Waals surface area contributed by atoms with Crippen molar-refractivity contribution in [1.29, 1.82) is 0 Å². The van der Waals surface area contributed by atoms with Crippen molar-refractivity contribution in [3.05, 3.63) is 27.8 Å². The van der Waals surface area contributed by atoms with E-state index in [1.54, 1.807) is 20.8 Å². The summed E-state index contributed by atoms with van der Waals surface area (Å²) in [6.07, 6.45) is 0.556. The largest absolute Gasteiger partial charge is 0.490 e. The van der Waals surface area contributed by atoms with Gasteiger partial charge in [-0.05, 0) is 39.2 Å². The predicted molar refractivity (Wildman–Crippen MR) is 85.9 cm³/mol. The van der Waals surface area contributed by atoms with Crippen molar-refractivity contribution >= 4 is 23.3 Å². The zero-order chi connectivity index (χ0) is 18.1. The Hall–Kier alpha value is -2.64. The van der Waals surface area contributed by atoms with Crippen molar-refractivity contribution in [1.82, 2.24) is 0 Å². The second kappa shape index (κ2) is 6.46. The second-order valence-electron chi connectivity index (χ2n) is 6.55. The van der Waals surface area contributed by atoms with Crippen molar-refractivity contribution in [2.75, 3.05) is 12.4 Å². The number of methoxy groups -OCH3 is 1. The Kier molecular flexibility index (Phi) is 4.77. The third-order valence-corrected chi connectivity index (χ3v) is 3.57. The molecule has 0 spiro atoms.